The molecule has 1 aromatic carbocycles. The van der Waals surface area contributed by atoms with E-state index in [1.165, 1.54) is 35.0 Å². The lowest BCUT2D eigenvalue weighted by Crippen LogP contribution is -2.49. The van der Waals surface area contributed by atoms with Gasteiger partial charge in [0, 0.05) is 32.4 Å². The van der Waals surface area contributed by atoms with E-state index >= 15 is 0 Å². The first-order chi connectivity index (χ1) is 15.1. The van der Waals surface area contributed by atoms with Crippen molar-refractivity contribution in [3.8, 4) is 5.69 Å². The molecular formula is C21H18ClF4N5O. The van der Waals surface area contributed by atoms with Gasteiger partial charge in [0.15, 0.2) is 0 Å². The SMILES string of the molecule is Cc1nn(-c2ccc(F)cc2)c(Cl)c1C(=O)N1CCN(c2ccc(C(F)(F)F)cn2)CC1. The number of carbonyl (C=O) groups excluding carboxylic acids is 1. The minimum Gasteiger partial charge on any atom is -0.353 e. The molecule has 3 heterocycles. The van der Waals surface area contributed by atoms with Crippen LogP contribution in [0.4, 0.5) is 23.4 Å². The predicted molar refractivity (Wildman–Crippen MR) is 111 cm³/mol. The number of nitrogens with zero attached hydrogens (tertiary/aromatic N) is 5. The number of aromatic nitrogens is 3. The van der Waals surface area contributed by atoms with Crippen molar-refractivity contribution in [1.82, 2.24) is 19.7 Å². The number of benzene rings is 1. The van der Waals surface area contributed by atoms with Crippen molar-refractivity contribution < 1.29 is 22.4 Å². The van der Waals surface area contributed by atoms with Crippen LogP contribution >= 0.6 is 11.6 Å². The van der Waals surface area contributed by atoms with Crippen LogP contribution in [-0.2, 0) is 6.18 Å². The molecule has 32 heavy (non-hydrogen) atoms. The third kappa shape index (κ3) is 4.27. The van der Waals surface area contributed by atoms with E-state index in [0.29, 0.717) is 43.4 Å². The van der Waals surface area contributed by atoms with Crippen LogP contribution in [0.5, 0.6) is 0 Å². The first-order valence-corrected chi connectivity index (χ1v) is 10.1. The molecule has 11 heteroatoms. The second kappa shape index (κ2) is 8.42. The molecule has 6 nitrogen and oxygen atoms in total. The van der Waals surface area contributed by atoms with Crippen molar-refractivity contribution >= 4 is 23.3 Å². The molecule has 0 bridgehead atoms. The molecule has 0 atom stereocenters. The Kier molecular flexibility index (Phi) is 5.81. The van der Waals surface area contributed by atoms with Gasteiger partial charge in [-0.15, -0.1) is 0 Å². The maximum Gasteiger partial charge on any atom is 0.417 e. The summed E-state index contributed by atoms with van der Waals surface area (Å²) < 4.78 is 52.8. The van der Waals surface area contributed by atoms with Crippen LogP contribution in [0, 0.1) is 12.7 Å². The van der Waals surface area contributed by atoms with E-state index in [9.17, 15) is 22.4 Å². The van der Waals surface area contributed by atoms with Gasteiger partial charge in [0.2, 0.25) is 0 Å². The van der Waals surface area contributed by atoms with Crippen molar-refractivity contribution in [3.05, 3.63) is 70.4 Å². The third-order valence-corrected chi connectivity index (χ3v) is 5.60. The van der Waals surface area contributed by atoms with Gasteiger partial charge in [-0.1, -0.05) is 11.6 Å². The molecule has 0 unspecified atom stereocenters. The average Bonchev–Trinajstić information content (AvgIpc) is 3.07. The van der Waals surface area contributed by atoms with Crippen LogP contribution in [0.2, 0.25) is 5.15 Å². The number of hydrogen-bond acceptors (Lipinski definition) is 4. The van der Waals surface area contributed by atoms with Crippen molar-refractivity contribution in [2.75, 3.05) is 31.1 Å². The second-order valence-electron chi connectivity index (χ2n) is 7.32. The average molecular weight is 468 g/mol. The molecule has 1 saturated heterocycles. The van der Waals surface area contributed by atoms with E-state index in [4.69, 9.17) is 11.6 Å². The van der Waals surface area contributed by atoms with Gasteiger partial charge < -0.3 is 9.80 Å². The Morgan fingerprint density at radius 2 is 1.69 bits per heavy atom. The van der Waals surface area contributed by atoms with E-state index in [1.807, 2.05) is 4.90 Å². The normalized spacial score (nSPS) is 14.7. The van der Waals surface area contributed by atoms with Gasteiger partial charge in [-0.25, -0.2) is 14.1 Å². The Labute approximate surface area is 186 Å². The summed E-state index contributed by atoms with van der Waals surface area (Å²) in [5, 5.41) is 4.45. The van der Waals surface area contributed by atoms with Crippen LogP contribution in [0.15, 0.2) is 42.6 Å². The van der Waals surface area contributed by atoms with Gasteiger partial charge in [0.25, 0.3) is 5.91 Å². The van der Waals surface area contributed by atoms with E-state index in [-0.39, 0.29) is 16.6 Å². The molecular weight excluding hydrogens is 450 g/mol. The lowest BCUT2D eigenvalue weighted by molar-refractivity contribution is -0.137. The molecule has 0 saturated carbocycles. The molecule has 0 spiro atoms. The Bertz CT molecular complexity index is 1120. The van der Waals surface area contributed by atoms with E-state index in [0.717, 1.165) is 12.3 Å². The molecule has 1 amide bonds. The number of alkyl halides is 3. The Hall–Kier alpha value is -3.14. The number of carbonyl (C=O) groups is 1. The summed E-state index contributed by atoms with van der Waals surface area (Å²) in [7, 11) is 0. The van der Waals surface area contributed by atoms with Gasteiger partial charge in [-0.3, -0.25) is 4.79 Å². The fourth-order valence-electron chi connectivity index (χ4n) is 3.53. The molecule has 1 fully saturated rings. The largest absolute Gasteiger partial charge is 0.417 e. The summed E-state index contributed by atoms with van der Waals surface area (Å²) in [6, 6.07) is 7.90. The number of hydrogen-bond donors (Lipinski definition) is 0. The first kappa shape index (κ1) is 22.1. The number of anilines is 1. The van der Waals surface area contributed by atoms with E-state index in [2.05, 4.69) is 10.1 Å². The topological polar surface area (TPSA) is 54.3 Å². The van der Waals surface area contributed by atoms with Crippen LogP contribution < -0.4 is 4.90 Å². The highest BCUT2D eigenvalue weighted by atomic mass is 35.5. The number of amides is 1. The maximum atomic E-state index is 13.2. The maximum absolute atomic E-state index is 13.2. The first-order valence-electron chi connectivity index (χ1n) is 9.73. The highest BCUT2D eigenvalue weighted by molar-refractivity contribution is 6.33. The molecule has 2 aromatic heterocycles. The number of aryl methyl sites for hydroxylation is 1. The van der Waals surface area contributed by atoms with Crippen molar-refractivity contribution in [1.29, 1.82) is 0 Å². The standard InChI is InChI=1S/C21H18ClF4N5O/c1-13-18(19(22)31(28-13)16-5-3-15(23)4-6-16)20(32)30-10-8-29(9-11-30)17-7-2-14(12-27-17)21(24,25)26/h2-7,12H,8-11H2,1H3. The summed E-state index contributed by atoms with van der Waals surface area (Å²) in [4.78, 5) is 20.5. The smallest absolute Gasteiger partial charge is 0.353 e. The minimum atomic E-state index is -4.44. The Morgan fingerprint density at radius 3 is 2.25 bits per heavy atom. The zero-order valence-electron chi connectivity index (χ0n) is 16.9. The van der Waals surface area contributed by atoms with Gasteiger partial charge in [0.1, 0.15) is 16.8 Å². The molecule has 168 valence electrons. The molecule has 0 N–H and O–H groups in total. The molecule has 4 rings (SSSR count). The molecule has 0 aliphatic carbocycles. The zero-order chi connectivity index (χ0) is 23.0. The molecule has 3 aromatic rings. The lowest BCUT2D eigenvalue weighted by Gasteiger charge is -2.35. The summed E-state index contributed by atoms with van der Waals surface area (Å²) >= 11 is 6.44. The van der Waals surface area contributed by atoms with Crippen LogP contribution in [0.25, 0.3) is 5.69 Å². The number of pyridine rings is 1. The van der Waals surface area contributed by atoms with Gasteiger partial charge in [-0.2, -0.15) is 18.3 Å². The van der Waals surface area contributed by atoms with Crippen molar-refractivity contribution in [2.45, 2.75) is 13.1 Å². The molecule has 1 aliphatic heterocycles. The van der Waals surface area contributed by atoms with Crippen molar-refractivity contribution in [3.63, 3.8) is 0 Å². The summed E-state index contributed by atoms with van der Waals surface area (Å²) in [6.45, 7) is 3.18. The lowest BCUT2D eigenvalue weighted by atomic mass is 10.2. The Balaban J connectivity index is 1.46. The summed E-state index contributed by atoms with van der Waals surface area (Å²) in [5.74, 6) is -0.269. The minimum absolute atomic E-state index is 0.131. The number of halogens is 5. The van der Waals surface area contributed by atoms with Crippen LogP contribution in [-0.4, -0.2) is 51.8 Å². The van der Waals surface area contributed by atoms with Crippen LogP contribution in [0.3, 0.4) is 0 Å². The second-order valence-corrected chi connectivity index (χ2v) is 7.68. The quantitative estimate of drug-likeness (QED) is 0.537. The highest BCUT2D eigenvalue weighted by Crippen LogP contribution is 2.30. The number of piperazine rings is 1. The molecule has 0 radical (unpaired) electrons. The van der Waals surface area contributed by atoms with Gasteiger partial charge >= 0.3 is 6.18 Å². The predicted octanol–water partition coefficient (Wildman–Crippen LogP) is 4.35. The number of rotatable bonds is 3. The summed E-state index contributed by atoms with van der Waals surface area (Å²) in [5.41, 5.74) is 0.420. The zero-order valence-corrected chi connectivity index (χ0v) is 17.7. The van der Waals surface area contributed by atoms with Crippen molar-refractivity contribution in [2.24, 2.45) is 0 Å². The van der Waals surface area contributed by atoms with Gasteiger partial charge in [0.05, 0.1) is 22.5 Å². The highest BCUT2D eigenvalue weighted by Gasteiger charge is 2.32. The fourth-order valence-corrected chi connectivity index (χ4v) is 3.89. The van der Waals surface area contributed by atoms with E-state index < -0.39 is 17.6 Å². The third-order valence-electron chi connectivity index (χ3n) is 5.26. The van der Waals surface area contributed by atoms with E-state index in [1.54, 1.807) is 11.8 Å². The molecule has 1 aliphatic rings. The van der Waals surface area contributed by atoms with Crippen LogP contribution in [0.1, 0.15) is 21.6 Å². The fraction of sp³-hybridized carbons (Fsp3) is 0.286. The van der Waals surface area contributed by atoms with Gasteiger partial charge in [-0.05, 0) is 43.3 Å². The summed E-state index contributed by atoms with van der Waals surface area (Å²) in [6.07, 6.45) is -3.63. The monoisotopic (exact) mass is 467 g/mol. The Morgan fingerprint density at radius 1 is 1.03 bits per heavy atom.